The molecule has 8 heteroatoms. The molecule has 0 radical (unpaired) electrons. The highest BCUT2D eigenvalue weighted by Gasteiger charge is 2.14. The number of methoxy groups -OCH3 is 2. The van der Waals surface area contributed by atoms with Gasteiger partial charge in [-0.3, -0.25) is 0 Å². The fourth-order valence-corrected chi connectivity index (χ4v) is 3.61. The van der Waals surface area contributed by atoms with Crippen molar-refractivity contribution in [2.24, 2.45) is 0 Å². The Kier molecular flexibility index (Phi) is 6.73. The molecule has 2 heterocycles. The van der Waals surface area contributed by atoms with Crippen LogP contribution in [0.3, 0.4) is 0 Å². The number of aromatic nitrogens is 3. The lowest BCUT2D eigenvalue weighted by molar-refractivity contribution is 0.251. The van der Waals surface area contributed by atoms with E-state index in [2.05, 4.69) is 51.4 Å². The summed E-state index contributed by atoms with van der Waals surface area (Å²) < 4.78 is 12.6. The van der Waals surface area contributed by atoms with Gasteiger partial charge in [0.05, 0.1) is 19.9 Å². The number of aryl methyl sites for hydroxylation is 2. The zero-order valence-corrected chi connectivity index (χ0v) is 19.0. The van der Waals surface area contributed by atoms with Gasteiger partial charge in [0.25, 0.3) is 0 Å². The first kappa shape index (κ1) is 22.1. The predicted octanol–water partition coefficient (Wildman–Crippen LogP) is 4.64. The summed E-state index contributed by atoms with van der Waals surface area (Å²) in [6, 6.07) is 17.1. The number of hydrogen-bond acceptors (Lipinski definition) is 5. The Morgan fingerprint density at radius 1 is 1.06 bits per heavy atom. The summed E-state index contributed by atoms with van der Waals surface area (Å²) in [6.45, 7) is 3.21. The van der Waals surface area contributed by atoms with E-state index in [0.29, 0.717) is 36.7 Å². The van der Waals surface area contributed by atoms with Crippen molar-refractivity contribution in [1.29, 1.82) is 0 Å². The van der Waals surface area contributed by atoms with Crippen LogP contribution in [0.1, 0.15) is 12.0 Å². The Labute approximate surface area is 192 Å². The Hall–Kier alpha value is -4.07. The molecule has 0 aliphatic heterocycles. The van der Waals surface area contributed by atoms with Gasteiger partial charge < -0.3 is 24.7 Å². The van der Waals surface area contributed by atoms with Crippen molar-refractivity contribution in [3.63, 3.8) is 0 Å². The van der Waals surface area contributed by atoms with E-state index < -0.39 is 0 Å². The van der Waals surface area contributed by atoms with E-state index in [1.165, 1.54) is 5.56 Å². The molecule has 4 rings (SSSR count). The smallest absolute Gasteiger partial charge is 0.319 e. The molecule has 170 valence electrons. The van der Waals surface area contributed by atoms with Crippen LogP contribution in [0.25, 0.3) is 22.6 Å². The highest BCUT2D eigenvalue weighted by atomic mass is 16.5. The number of hydrogen-bond donors (Lipinski definition) is 2. The van der Waals surface area contributed by atoms with Crippen LogP contribution >= 0.6 is 0 Å². The number of anilines is 1. The minimum Gasteiger partial charge on any atom is -0.497 e. The molecule has 0 saturated carbocycles. The first-order valence-electron chi connectivity index (χ1n) is 10.7. The molecule has 2 aromatic carbocycles. The summed E-state index contributed by atoms with van der Waals surface area (Å²) in [5.41, 5.74) is 4.46. The molecular formula is C25H27N5O3. The second kappa shape index (κ2) is 10.0. The van der Waals surface area contributed by atoms with Gasteiger partial charge in [0.15, 0.2) is 5.65 Å². The van der Waals surface area contributed by atoms with Gasteiger partial charge in [-0.1, -0.05) is 29.8 Å². The molecule has 0 aliphatic carbocycles. The van der Waals surface area contributed by atoms with Crippen LogP contribution in [-0.4, -0.2) is 41.3 Å². The second-order valence-electron chi connectivity index (χ2n) is 7.60. The summed E-state index contributed by atoms with van der Waals surface area (Å²) in [4.78, 5) is 21.7. The van der Waals surface area contributed by atoms with Crippen molar-refractivity contribution in [2.75, 3.05) is 26.1 Å². The highest BCUT2D eigenvalue weighted by Crippen LogP contribution is 2.29. The average molecular weight is 446 g/mol. The second-order valence-corrected chi connectivity index (χ2v) is 7.60. The van der Waals surface area contributed by atoms with Crippen LogP contribution in [0.15, 0.2) is 60.8 Å². The van der Waals surface area contributed by atoms with E-state index in [1.807, 2.05) is 12.1 Å². The van der Waals surface area contributed by atoms with Gasteiger partial charge in [0.1, 0.15) is 22.8 Å². The highest BCUT2D eigenvalue weighted by molar-refractivity contribution is 5.91. The average Bonchev–Trinajstić information content (AvgIpc) is 3.20. The number of imidazole rings is 1. The summed E-state index contributed by atoms with van der Waals surface area (Å²) in [6.07, 6.45) is 2.48. The van der Waals surface area contributed by atoms with E-state index in [9.17, 15) is 4.79 Å². The summed E-state index contributed by atoms with van der Waals surface area (Å²) in [7, 11) is 3.13. The monoisotopic (exact) mass is 445 g/mol. The van der Waals surface area contributed by atoms with E-state index >= 15 is 0 Å². The number of ether oxygens (including phenoxy) is 2. The van der Waals surface area contributed by atoms with Crippen LogP contribution in [0.5, 0.6) is 11.5 Å². The van der Waals surface area contributed by atoms with Crippen molar-refractivity contribution in [2.45, 2.75) is 19.9 Å². The maximum atomic E-state index is 12.4. The Morgan fingerprint density at radius 3 is 2.64 bits per heavy atom. The normalized spacial score (nSPS) is 10.8. The van der Waals surface area contributed by atoms with Gasteiger partial charge in [-0.2, -0.15) is 0 Å². The van der Waals surface area contributed by atoms with Crippen LogP contribution in [0.2, 0.25) is 0 Å². The molecule has 0 fully saturated rings. The number of amides is 2. The molecule has 0 atom stereocenters. The number of rotatable bonds is 8. The number of carbonyl (C=O) groups excluding carboxylic acids is 1. The number of pyridine rings is 1. The zero-order chi connectivity index (χ0) is 23.2. The SMILES string of the molecule is COc1ccc(OC)c(NC(=O)NCCCn2c(-c3ccc(C)cc3)nc3cccnc32)c1. The van der Waals surface area contributed by atoms with Gasteiger partial charge in [-0.05, 0) is 37.6 Å². The van der Waals surface area contributed by atoms with Crippen LogP contribution < -0.4 is 20.1 Å². The van der Waals surface area contributed by atoms with Gasteiger partial charge in [-0.15, -0.1) is 0 Å². The quantitative estimate of drug-likeness (QED) is 0.386. The van der Waals surface area contributed by atoms with Crippen LogP contribution in [0, 0.1) is 6.92 Å². The molecule has 2 amide bonds. The summed E-state index contributed by atoms with van der Waals surface area (Å²) >= 11 is 0. The van der Waals surface area contributed by atoms with Crippen molar-refractivity contribution >= 4 is 22.9 Å². The first-order valence-corrected chi connectivity index (χ1v) is 10.7. The largest absolute Gasteiger partial charge is 0.497 e. The van der Waals surface area contributed by atoms with E-state index in [-0.39, 0.29) is 6.03 Å². The van der Waals surface area contributed by atoms with Crippen molar-refractivity contribution < 1.29 is 14.3 Å². The summed E-state index contributed by atoms with van der Waals surface area (Å²) in [5, 5.41) is 5.71. The number of nitrogens with one attached hydrogen (secondary N) is 2. The maximum absolute atomic E-state index is 12.4. The standard InChI is InChI=1S/C25H27N5O3/c1-17-7-9-18(10-8-17)23-28-20-6-4-13-26-24(20)30(23)15-5-14-27-25(31)29-21-16-19(32-2)11-12-22(21)33-3/h4,6-13,16H,5,14-15H2,1-3H3,(H2,27,29,31). The van der Waals surface area contributed by atoms with Gasteiger partial charge in [-0.25, -0.2) is 14.8 Å². The third kappa shape index (κ3) is 5.06. The molecule has 0 bridgehead atoms. The van der Waals surface area contributed by atoms with Crippen molar-refractivity contribution in [3.8, 4) is 22.9 Å². The predicted molar refractivity (Wildman–Crippen MR) is 129 cm³/mol. The Morgan fingerprint density at radius 2 is 1.88 bits per heavy atom. The number of nitrogens with zero attached hydrogens (tertiary/aromatic N) is 3. The molecule has 8 nitrogen and oxygen atoms in total. The molecule has 0 saturated heterocycles. The lowest BCUT2D eigenvalue weighted by Gasteiger charge is -2.13. The van der Waals surface area contributed by atoms with E-state index in [4.69, 9.17) is 14.5 Å². The topological polar surface area (TPSA) is 90.3 Å². The first-order chi connectivity index (χ1) is 16.1. The van der Waals surface area contributed by atoms with Crippen LogP contribution in [-0.2, 0) is 6.54 Å². The molecule has 2 N–H and O–H groups in total. The van der Waals surface area contributed by atoms with Gasteiger partial charge >= 0.3 is 6.03 Å². The lowest BCUT2D eigenvalue weighted by Crippen LogP contribution is -2.30. The molecular weight excluding hydrogens is 418 g/mol. The third-order valence-corrected chi connectivity index (χ3v) is 5.31. The maximum Gasteiger partial charge on any atom is 0.319 e. The fourth-order valence-electron chi connectivity index (χ4n) is 3.61. The minimum atomic E-state index is -0.311. The molecule has 0 unspecified atom stereocenters. The van der Waals surface area contributed by atoms with Gasteiger partial charge in [0, 0.05) is 30.9 Å². The zero-order valence-electron chi connectivity index (χ0n) is 19.0. The van der Waals surface area contributed by atoms with Gasteiger partial charge in [0.2, 0.25) is 0 Å². The summed E-state index contributed by atoms with van der Waals surface area (Å²) in [5.74, 6) is 2.06. The molecule has 0 spiro atoms. The number of urea groups is 1. The molecule has 0 aliphatic rings. The minimum absolute atomic E-state index is 0.311. The fraction of sp³-hybridized carbons (Fsp3) is 0.240. The number of benzene rings is 2. The van der Waals surface area contributed by atoms with Crippen molar-refractivity contribution in [3.05, 3.63) is 66.4 Å². The number of fused-ring (bicyclic) bond motifs is 1. The molecule has 33 heavy (non-hydrogen) atoms. The van der Waals surface area contributed by atoms with E-state index in [1.54, 1.807) is 38.6 Å². The van der Waals surface area contributed by atoms with Crippen LogP contribution in [0.4, 0.5) is 10.5 Å². The third-order valence-electron chi connectivity index (χ3n) is 5.31. The molecule has 2 aromatic heterocycles. The lowest BCUT2D eigenvalue weighted by atomic mass is 10.1. The number of carbonyl (C=O) groups is 1. The molecule has 4 aromatic rings. The van der Waals surface area contributed by atoms with E-state index in [0.717, 1.165) is 22.6 Å². The Balaban J connectivity index is 1.42. The Bertz CT molecular complexity index is 1250. The van der Waals surface area contributed by atoms with Crippen molar-refractivity contribution in [1.82, 2.24) is 19.9 Å².